The standard InChI is InChI=1S/C9H7NO3S2/c11-15(12,13)9-2-1-8(14-9)7-3-5-10-6-4-7/h1-6H,(H,11,12,13). The van der Waals surface area contributed by atoms with Crippen LogP contribution >= 0.6 is 11.3 Å². The summed E-state index contributed by atoms with van der Waals surface area (Å²) in [7, 11) is -4.09. The number of nitrogens with zero attached hydrogens (tertiary/aromatic N) is 1. The Kier molecular flexibility index (Phi) is 2.56. The zero-order valence-electron chi connectivity index (χ0n) is 7.49. The lowest BCUT2D eigenvalue weighted by atomic mass is 10.2. The van der Waals surface area contributed by atoms with Crippen molar-refractivity contribution in [3.8, 4) is 10.4 Å². The molecule has 0 bridgehead atoms. The summed E-state index contributed by atoms with van der Waals surface area (Å²) in [6, 6.07) is 6.60. The van der Waals surface area contributed by atoms with Crippen molar-refractivity contribution in [2.75, 3.05) is 0 Å². The highest BCUT2D eigenvalue weighted by Gasteiger charge is 2.13. The lowest BCUT2D eigenvalue weighted by Gasteiger charge is -1.94. The van der Waals surface area contributed by atoms with E-state index in [1.807, 2.05) is 0 Å². The molecule has 1 N–H and O–H groups in total. The molecule has 0 spiro atoms. The maximum Gasteiger partial charge on any atom is 0.304 e. The third-order valence-electron chi connectivity index (χ3n) is 1.80. The van der Waals surface area contributed by atoms with Gasteiger partial charge < -0.3 is 0 Å². The van der Waals surface area contributed by atoms with E-state index in [1.165, 1.54) is 6.07 Å². The molecular formula is C9H7NO3S2. The lowest BCUT2D eigenvalue weighted by Crippen LogP contribution is -1.92. The summed E-state index contributed by atoms with van der Waals surface area (Å²) < 4.78 is 30.4. The van der Waals surface area contributed by atoms with Crippen LogP contribution in [0.25, 0.3) is 10.4 Å². The molecule has 6 heteroatoms. The molecule has 0 aromatic carbocycles. The molecule has 0 saturated heterocycles. The summed E-state index contributed by atoms with van der Waals surface area (Å²) in [5, 5.41) is 0. The van der Waals surface area contributed by atoms with Gasteiger partial charge in [-0.15, -0.1) is 11.3 Å². The van der Waals surface area contributed by atoms with Gasteiger partial charge in [0.05, 0.1) is 0 Å². The molecule has 0 fully saturated rings. The monoisotopic (exact) mass is 241 g/mol. The van der Waals surface area contributed by atoms with Crippen molar-refractivity contribution in [1.29, 1.82) is 0 Å². The predicted octanol–water partition coefficient (Wildman–Crippen LogP) is 2.06. The Labute approximate surface area is 91.0 Å². The summed E-state index contributed by atoms with van der Waals surface area (Å²) in [5.41, 5.74) is 0.880. The smallest absolute Gasteiger partial charge is 0.281 e. The Hall–Kier alpha value is -1.24. The van der Waals surface area contributed by atoms with Gasteiger partial charge in [-0.2, -0.15) is 8.42 Å². The first-order valence-corrected chi connectivity index (χ1v) is 6.31. The van der Waals surface area contributed by atoms with Gasteiger partial charge in [0.2, 0.25) is 0 Å². The number of aromatic nitrogens is 1. The van der Waals surface area contributed by atoms with E-state index in [-0.39, 0.29) is 4.21 Å². The van der Waals surface area contributed by atoms with Crippen molar-refractivity contribution in [2.45, 2.75) is 4.21 Å². The van der Waals surface area contributed by atoms with Crippen LogP contribution in [-0.2, 0) is 10.1 Å². The van der Waals surface area contributed by atoms with Crippen LogP contribution in [0.3, 0.4) is 0 Å². The molecule has 0 unspecified atom stereocenters. The molecule has 0 radical (unpaired) electrons. The highest BCUT2D eigenvalue weighted by atomic mass is 32.3. The maximum atomic E-state index is 10.8. The van der Waals surface area contributed by atoms with E-state index in [4.69, 9.17) is 4.55 Å². The van der Waals surface area contributed by atoms with Crippen LogP contribution in [0.1, 0.15) is 0 Å². The number of hydrogen-bond donors (Lipinski definition) is 1. The maximum absolute atomic E-state index is 10.8. The van der Waals surface area contributed by atoms with E-state index in [0.29, 0.717) is 0 Å². The third kappa shape index (κ3) is 2.23. The highest BCUT2D eigenvalue weighted by molar-refractivity contribution is 7.88. The minimum Gasteiger partial charge on any atom is -0.281 e. The summed E-state index contributed by atoms with van der Waals surface area (Å²) in [6.45, 7) is 0. The molecule has 78 valence electrons. The van der Waals surface area contributed by atoms with E-state index in [2.05, 4.69) is 4.98 Å². The Bertz CT molecular complexity index is 560. The molecule has 0 aliphatic heterocycles. The van der Waals surface area contributed by atoms with Gasteiger partial charge >= 0.3 is 10.1 Å². The normalized spacial score (nSPS) is 11.5. The molecule has 2 heterocycles. The van der Waals surface area contributed by atoms with Crippen LogP contribution in [0.5, 0.6) is 0 Å². The van der Waals surface area contributed by atoms with Crippen LogP contribution in [0.2, 0.25) is 0 Å². The summed E-state index contributed by atoms with van der Waals surface area (Å²) in [6.07, 6.45) is 3.25. The molecule has 0 aliphatic rings. The van der Waals surface area contributed by atoms with Crippen molar-refractivity contribution in [1.82, 2.24) is 4.98 Å². The van der Waals surface area contributed by atoms with Crippen molar-refractivity contribution in [2.24, 2.45) is 0 Å². The molecule has 2 aromatic rings. The van der Waals surface area contributed by atoms with Crippen LogP contribution in [0.4, 0.5) is 0 Å². The van der Waals surface area contributed by atoms with Crippen LogP contribution in [0.15, 0.2) is 40.9 Å². The second kappa shape index (κ2) is 3.73. The molecular weight excluding hydrogens is 234 g/mol. The molecule has 0 saturated carbocycles. The third-order valence-corrected chi connectivity index (χ3v) is 4.26. The second-order valence-electron chi connectivity index (χ2n) is 2.83. The average molecular weight is 241 g/mol. The zero-order chi connectivity index (χ0) is 10.9. The zero-order valence-corrected chi connectivity index (χ0v) is 9.12. The lowest BCUT2D eigenvalue weighted by molar-refractivity contribution is 0.485. The van der Waals surface area contributed by atoms with Gasteiger partial charge in [-0.25, -0.2) is 0 Å². The van der Waals surface area contributed by atoms with Gasteiger partial charge in [0.25, 0.3) is 0 Å². The van der Waals surface area contributed by atoms with Gasteiger partial charge in [-0.1, -0.05) is 0 Å². The minimum absolute atomic E-state index is 0.0469. The first-order chi connectivity index (χ1) is 7.07. The van der Waals surface area contributed by atoms with Gasteiger partial charge in [0.15, 0.2) is 0 Å². The van der Waals surface area contributed by atoms with Gasteiger partial charge in [-0.05, 0) is 29.8 Å². The Balaban J connectivity index is 2.46. The number of hydrogen-bond acceptors (Lipinski definition) is 4. The minimum atomic E-state index is -4.09. The fraction of sp³-hybridized carbons (Fsp3) is 0. The van der Waals surface area contributed by atoms with Crippen LogP contribution < -0.4 is 0 Å². The average Bonchev–Trinajstić information content (AvgIpc) is 2.67. The molecule has 0 aliphatic carbocycles. The molecule has 2 aromatic heterocycles. The van der Waals surface area contributed by atoms with Crippen LogP contribution in [0, 0.1) is 0 Å². The van der Waals surface area contributed by atoms with E-state index >= 15 is 0 Å². The van der Waals surface area contributed by atoms with Gasteiger partial charge in [0.1, 0.15) is 4.21 Å². The highest BCUT2D eigenvalue weighted by Crippen LogP contribution is 2.29. The Morgan fingerprint density at radius 3 is 2.33 bits per heavy atom. The largest absolute Gasteiger partial charge is 0.304 e. The number of rotatable bonds is 2. The molecule has 4 nitrogen and oxygen atoms in total. The first-order valence-electron chi connectivity index (χ1n) is 4.05. The van der Waals surface area contributed by atoms with Gasteiger partial charge in [-0.3, -0.25) is 9.54 Å². The van der Waals surface area contributed by atoms with E-state index < -0.39 is 10.1 Å². The number of thiophene rings is 1. The van der Waals surface area contributed by atoms with Crippen molar-refractivity contribution < 1.29 is 13.0 Å². The fourth-order valence-corrected chi connectivity index (χ4v) is 2.80. The van der Waals surface area contributed by atoms with E-state index in [0.717, 1.165) is 21.8 Å². The number of pyridine rings is 1. The van der Waals surface area contributed by atoms with Crippen LogP contribution in [-0.4, -0.2) is 18.0 Å². The molecule has 0 amide bonds. The Morgan fingerprint density at radius 1 is 1.13 bits per heavy atom. The van der Waals surface area contributed by atoms with E-state index in [9.17, 15) is 8.42 Å². The topological polar surface area (TPSA) is 67.3 Å². The van der Waals surface area contributed by atoms with Crippen molar-refractivity contribution in [3.05, 3.63) is 36.7 Å². The molecule has 2 rings (SSSR count). The quantitative estimate of drug-likeness (QED) is 0.817. The van der Waals surface area contributed by atoms with Crippen molar-refractivity contribution >= 4 is 21.5 Å². The fourth-order valence-electron chi connectivity index (χ4n) is 1.13. The summed E-state index contributed by atoms with van der Waals surface area (Å²) >= 11 is 1.03. The first kappa shape index (κ1) is 10.3. The predicted molar refractivity (Wildman–Crippen MR) is 57.4 cm³/mol. The summed E-state index contributed by atoms with van der Waals surface area (Å²) in [5.74, 6) is 0. The van der Waals surface area contributed by atoms with Crippen molar-refractivity contribution in [3.63, 3.8) is 0 Å². The molecule has 15 heavy (non-hydrogen) atoms. The Morgan fingerprint density at radius 2 is 1.80 bits per heavy atom. The SMILES string of the molecule is O=S(=O)(O)c1ccc(-c2ccncc2)s1. The second-order valence-corrected chi connectivity index (χ2v) is 5.56. The van der Waals surface area contributed by atoms with Gasteiger partial charge in [0, 0.05) is 17.3 Å². The molecule has 0 atom stereocenters. The summed E-state index contributed by atoms with van der Waals surface area (Å²) in [4.78, 5) is 4.65. The van der Waals surface area contributed by atoms with E-state index in [1.54, 1.807) is 30.6 Å².